The van der Waals surface area contributed by atoms with Crippen LogP contribution in [0.4, 0.5) is 4.39 Å². The number of amides is 2. The van der Waals surface area contributed by atoms with E-state index in [0.717, 1.165) is 12.8 Å². The summed E-state index contributed by atoms with van der Waals surface area (Å²) in [5, 5.41) is 9.23. The lowest BCUT2D eigenvalue weighted by Crippen LogP contribution is -2.28. The average Bonchev–Trinajstić information content (AvgIpc) is 3.37. The van der Waals surface area contributed by atoms with Crippen LogP contribution in [0.15, 0.2) is 23.4 Å². The fourth-order valence-electron chi connectivity index (χ4n) is 3.27. The zero-order valence-electron chi connectivity index (χ0n) is 17.2. The molecule has 0 aliphatic carbocycles. The number of thioether (sulfide) groups is 1. The van der Waals surface area contributed by atoms with Gasteiger partial charge in [0.05, 0.1) is 18.4 Å². The Bertz CT molecular complexity index is 915. The molecule has 2 aromatic rings. The first-order chi connectivity index (χ1) is 14.8. The van der Waals surface area contributed by atoms with Crippen molar-refractivity contribution in [3.8, 4) is 0 Å². The van der Waals surface area contributed by atoms with E-state index in [1.807, 2.05) is 4.57 Å². The molecule has 2 heterocycles. The van der Waals surface area contributed by atoms with E-state index in [2.05, 4.69) is 10.2 Å². The van der Waals surface area contributed by atoms with E-state index in [-0.39, 0.29) is 41.3 Å². The van der Waals surface area contributed by atoms with Gasteiger partial charge in [-0.1, -0.05) is 29.4 Å². The van der Waals surface area contributed by atoms with Crippen LogP contribution < -0.4 is 5.73 Å². The van der Waals surface area contributed by atoms with E-state index < -0.39 is 11.7 Å². The Morgan fingerprint density at radius 1 is 1.42 bits per heavy atom. The van der Waals surface area contributed by atoms with Crippen molar-refractivity contribution in [1.29, 1.82) is 0 Å². The molecule has 11 heteroatoms. The minimum absolute atomic E-state index is 0.0456. The van der Waals surface area contributed by atoms with Crippen LogP contribution in [0.2, 0.25) is 5.02 Å². The minimum atomic E-state index is -0.449. The molecule has 8 nitrogen and oxygen atoms in total. The third-order valence-electron chi connectivity index (χ3n) is 5.01. The summed E-state index contributed by atoms with van der Waals surface area (Å²) in [6.07, 6.45) is 2.51. The molecule has 3 rings (SSSR count). The predicted molar refractivity (Wildman–Crippen MR) is 115 cm³/mol. The molecule has 0 unspecified atom stereocenters. The van der Waals surface area contributed by atoms with Gasteiger partial charge in [-0.2, -0.15) is 0 Å². The molecule has 2 N–H and O–H groups in total. The highest BCUT2D eigenvalue weighted by Crippen LogP contribution is 2.24. The molecule has 1 aliphatic heterocycles. The Kier molecular flexibility index (Phi) is 8.28. The van der Waals surface area contributed by atoms with Crippen LogP contribution in [-0.4, -0.2) is 57.0 Å². The maximum Gasteiger partial charge on any atom is 0.233 e. The molecule has 31 heavy (non-hydrogen) atoms. The number of ether oxygens (including phenoxy) is 1. The number of aryl methyl sites for hydroxylation is 1. The van der Waals surface area contributed by atoms with Crippen molar-refractivity contribution in [2.24, 2.45) is 5.73 Å². The second-order valence-corrected chi connectivity index (χ2v) is 8.70. The van der Waals surface area contributed by atoms with E-state index >= 15 is 0 Å². The normalized spacial score (nSPS) is 15.9. The molecule has 1 atom stereocenters. The van der Waals surface area contributed by atoms with Gasteiger partial charge in [-0.15, -0.1) is 10.2 Å². The zero-order valence-corrected chi connectivity index (χ0v) is 18.8. The van der Waals surface area contributed by atoms with Crippen LogP contribution in [0, 0.1) is 5.82 Å². The maximum absolute atomic E-state index is 14.0. The number of halogens is 2. The number of primary amides is 1. The summed E-state index contributed by atoms with van der Waals surface area (Å²) in [5.74, 6) is -0.327. The summed E-state index contributed by atoms with van der Waals surface area (Å²) >= 11 is 7.30. The number of aromatic nitrogens is 3. The summed E-state index contributed by atoms with van der Waals surface area (Å²) in [6.45, 7) is 1.34. The van der Waals surface area contributed by atoms with Gasteiger partial charge in [0.25, 0.3) is 0 Å². The van der Waals surface area contributed by atoms with Crippen molar-refractivity contribution in [3.05, 3.63) is 40.4 Å². The number of carbonyl (C=O) groups is 2. The van der Waals surface area contributed by atoms with E-state index in [0.29, 0.717) is 30.6 Å². The lowest BCUT2D eigenvalue weighted by molar-refractivity contribution is -0.127. The van der Waals surface area contributed by atoms with Crippen molar-refractivity contribution in [3.63, 3.8) is 0 Å². The number of carbonyl (C=O) groups excluding carboxylic acids is 2. The molecule has 1 aliphatic rings. The topological polar surface area (TPSA) is 103 Å². The lowest BCUT2D eigenvalue weighted by Gasteiger charge is -2.19. The van der Waals surface area contributed by atoms with Crippen molar-refractivity contribution >= 4 is 35.2 Å². The monoisotopic (exact) mass is 469 g/mol. The zero-order chi connectivity index (χ0) is 22.4. The van der Waals surface area contributed by atoms with E-state index in [1.165, 1.54) is 28.8 Å². The molecule has 0 radical (unpaired) electrons. The van der Waals surface area contributed by atoms with Gasteiger partial charge in [0.15, 0.2) is 5.16 Å². The van der Waals surface area contributed by atoms with Crippen LogP contribution >= 0.6 is 23.4 Å². The van der Waals surface area contributed by atoms with Gasteiger partial charge in [0, 0.05) is 43.6 Å². The Balaban J connectivity index is 1.65. The molecular formula is C20H25ClFN5O3S. The Labute approximate surface area is 189 Å². The van der Waals surface area contributed by atoms with Gasteiger partial charge in [-0.3, -0.25) is 9.59 Å². The van der Waals surface area contributed by atoms with Gasteiger partial charge >= 0.3 is 0 Å². The second-order valence-electron chi connectivity index (χ2n) is 7.35. The fraction of sp³-hybridized carbons (Fsp3) is 0.500. The number of hydrogen-bond donors (Lipinski definition) is 1. The van der Waals surface area contributed by atoms with Crippen molar-refractivity contribution in [2.45, 2.75) is 50.0 Å². The molecule has 168 valence electrons. The molecule has 1 fully saturated rings. The standard InChI is InChI=1S/C20H25ClFN5O3S/c1-26(11-14-15(21)5-2-6-16(14)22)19(29)12-31-20-25-24-18(8-7-17(23)28)27(20)10-13-4-3-9-30-13/h2,5-6,13H,3-4,7-12H2,1H3,(H2,23,28)/t13-/m0/s1. The highest BCUT2D eigenvalue weighted by Gasteiger charge is 2.22. The van der Waals surface area contributed by atoms with E-state index in [4.69, 9.17) is 22.1 Å². The second kappa shape index (κ2) is 10.9. The molecule has 2 amide bonds. The SMILES string of the molecule is CN(Cc1c(F)cccc1Cl)C(=O)CSc1nnc(CCC(N)=O)n1C[C@@H]1CCCO1. The molecule has 1 aromatic heterocycles. The van der Waals surface area contributed by atoms with Gasteiger partial charge in [0.2, 0.25) is 11.8 Å². The molecule has 0 spiro atoms. The van der Waals surface area contributed by atoms with Crippen LogP contribution in [0.3, 0.4) is 0 Å². The maximum atomic E-state index is 14.0. The summed E-state index contributed by atoms with van der Waals surface area (Å²) < 4.78 is 21.6. The average molecular weight is 470 g/mol. The van der Waals surface area contributed by atoms with E-state index in [9.17, 15) is 14.0 Å². The number of nitrogens with zero attached hydrogens (tertiary/aromatic N) is 4. The molecule has 1 aromatic carbocycles. The third-order valence-corrected chi connectivity index (χ3v) is 6.31. The van der Waals surface area contributed by atoms with Gasteiger partial charge in [-0.05, 0) is 25.0 Å². The first-order valence-electron chi connectivity index (χ1n) is 9.96. The Morgan fingerprint density at radius 2 is 2.23 bits per heavy atom. The van der Waals surface area contributed by atoms with Crippen LogP contribution in [0.25, 0.3) is 0 Å². The smallest absolute Gasteiger partial charge is 0.233 e. The number of rotatable bonds is 10. The van der Waals surface area contributed by atoms with Crippen LogP contribution in [-0.2, 0) is 33.8 Å². The van der Waals surface area contributed by atoms with E-state index in [1.54, 1.807) is 13.1 Å². The summed E-state index contributed by atoms with van der Waals surface area (Å²) in [5.41, 5.74) is 5.54. The molecule has 1 saturated heterocycles. The lowest BCUT2D eigenvalue weighted by atomic mass is 10.2. The first kappa shape index (κ1) is 23.5. The number of hydrogen-bond acceptors (Lipinski definition) is 6. The van der Waals surface area contributed by atoms with Crippen molar-refractivity contribution in [1.82, 2.24) is 19.7 Å². The highest BCUT2D eigenvalue weighted by atomic mass is 35.5. The fourth-order valence-corrected chi connectivity index (χ4v) is 4.40. The van der Waals surface area contributed by atoms with Crippen molar-refractivity contribution < 1.29 is 18.7 Å². The third kappa shape index (κ3) is 6.41. The largest absolute Gasteiger partial charge is 0.376 e. The van der Waals surface area contributed by atoms with Crippen molar-refractivity contribution in [2.75, 3.05) is 19.4 Å². The highest BCUT2D eigenvalue weighted by molar-refractivity contribution is 7.99. The van der Waals surface area contributed by atoms with Gasteiger partial charge < -0.3 is 19.9 Å². The number of benzene rings is 1. The molecule has 0 bridgehead atoms. The van der Waals surface area contributed by atoms with Crippen LogP contribution in [0.5, 0.6) is 0 Å². The first-order valence-corrected chi connectivity index (χ1v) is 11.3. The number of nitrogens with two attached hydrogens (primary N) is 1. The Hall–Kier alpha value is -2.17. The Morgan fingerprint density at radius 3 is 2.90 bits per heavy atom. The summed E-state index contributed by atoms with van der Waals surface area (Å²) in [4.78, 5) is 25.2. The molecule has 0 saturated carbocycles. The summed E-state index contributed by atoms with van der Waals surface area (Å²) in [7, 11) is 1.60. The molecular weight excluding hydrogens is 445 g/mol. The summed E-state index contributed by atoms with van der Waals surface area (Å²) in [6, 6.07) is 4.43. The predicted octanol–water partition coefficient (Wildman–Crippen LogP) is 2.42. The van der Waals surface area contributed by atoms with Gasteiger partial charge in [0.1, 0.15) is 11.6 Å². The quantitative estimate of drug-likeness (QED) is 0.536. The van der Waals surface area contributed by atoms with Gasteiger partial charge in [-0.25, -0.2) is 4.39 Å². The van der Waals surface area contributed by atoms with Crippen LogP contribution in [0.1, 0.15) is 30.7 Å². The minimum Gasteiger partial charge on any atom is -0.376 e.